The average Bonchev–Trinajstić information content (AvgIpc) is 3.09. The third-order valence-corrected chi connectivity index (χ3v) is 10.3. The summed E-state index contributed by atoms with van der Waals surface area (Å²) < 4.78 is 22.1. The zero-order valence-electron chi connectivity index (χ0n) is 32.2. The number of unbranched alkanes of at least 4 members (excludes halogenated alkanes) is 27. The van der Waals surface area contributed by atoms with Crippen LogP contribution in [0.25, 0.3) is 0 Å². The molecule has 3 atom stereocenters. The largest absolute Gasteiger partial charge is 0.472 e. The first-order chi connectivity index (χ1) is 23.9. The van der Waals surface area contributed by atoms with Crippen molar-refractivity contribution < 1.29 is 28.4 Å². The lowest BCUT2D eigenvalue weighted by molar-refractivity contribution is -0.123. The molecule has 0 fully saturated rings. The number of aliphatic hydroxyl groups excluding tert-OH is 1. The molecule has 0 aromatic heterocycles. The van der Waals surface area contributed by atoms with Gasteiger partial charge in [-0.2, -0.15) is 0 Å². The van der Waals surface area contributed by atoms with Gasteiger partial charge in [-0.15, -0.1) is 0 Å². The first-order valence-corrected chi connectivity index (χ1v) is 22.3. The first-order valence-electron chi connectivity index (χ1n) is 20.8. The van der Waals surface area contributed by atoms with Crippen molar-refractivity contribution in [3.63, 3.8) is 0 Å². The van der Waals surface area contributed by atoms with Crippen LogP contribution in [0, 0.1) is 0 Å². The fourth-order valence-electron chi connectivity index (χ4n) is 6.19. The molecule has 0 aromatic rings. The molecule has 49 heavy (non-hydrogen) atoms. The Morgan fingerprint density at radius 1 is 0.653 bits per heavy atom. The number of carbonyl (C=O) groups is 1. The molecule has 0 heterocycles. The van der Waals surface area contributed by atoms with E-state index in [9.17, 15) is 19.4 Å². The summed E-state index contributed by atoms with van der Waals surface area (Å²) in [5.41, 5.74) is 5.36. The van der Waals surface area contributed by atoms with Gasteiger partial charge < -0.3 is 21.1 Å². The summed E-state index contributed by atoms with van der Waals surface area (Å²) in [5, 5.41) is 13.6. The van der Waals surface area contributed by atoms with Crippen molar-refractivity contribution in [3.8, 4) is 0 Å². The number of nitrogens with two attached hydrogens (primary N) is 1. The highest BCUT2D eigenvalue weighted by molar-refractivity contribution is 7.47. The summed E-state index contributed by atoms with van der Waals surface area (Å²) in [6.07, 6.45) is 39.7. The van der Waals surface area contributed by atoms with Gasteiger partial charge in [0.2, 0.25) is 5.91 Å². The van der Waals surface area contributed by atoms with Crippen LogP contribution >= 0.6 is 7.82 Å². The van der Waals surface area contributed by atoms with Crippen LogP contribution in [0.4, 0.5) is 0 Å². The lowest BCUT2D eigenvalue weighted by Gasteiger charge is -2.23. The van der Waals surface area contributed by atoms with Gasteiger partial charge in [-0.25, -0.2) is 4.57 Å². The highest BCUT2D eigenvalue weighted by Crippen LogP contribution is 2.43. The first kappa shape index (κ1) is 48.2. The van der Waals surface area contributed by atoms with Gasteiger partial charge in [0.05, 0.1) is 25.4 Å². The van der Waals surface area contributed by atoms with Gasteiger partial charge in [0.1, 0.15) is 0 Å². The second kappa shape index (κ2) is 37.0. The second-order valence-corrected chi connectivity index (χ2v) is 15.7. The lowest BCUT2D eigenvalue weighted by atomic mass is 10.0. The van der Waals surface area contributed by atoms with E-state index in [1.807, 2.05) is 6.08 Å². The maximum atomic E-state index is 12.7. The van der Waals surface area contributed by atoms with Gasteiger partial charge in [-0.3, -0.25) is 13.8 Å². The van der Waals surface area contributed by atoms with Crippen LogP contribution in [0.15, 0.2) is 12.2 Å². The van der Waals surface area contributed by atoms with E-state index in [0.717, 1.165) is 38.5 Å². The Morgan fingerprint density at radius 2 is 1.04 bits per heavy atom. The standard InChI is InChI=1S/C40H81N2O6P/c1-3-5-7-9-11-13-15-17-18-19-20-22-23-25-27-29-31-33-39(43)38(37-48-49(45,46)47-36-35-41)42-40(44)34-32-30-28-26-24-21-16-14-12-10-8-6-4-2/h31,33,38-39,43H,3-30,32,34-37,41H2,1-2H3,(H,42,44)(H,45,46)/b33-31+/t38-,39+/m0/s1. The minimum Gasteiger partial charge on any atom is -0.387 e. The predicted octanol–water partition coefficient (Wildman–Crippen LogP) is 11.2. The van der Waals surface area contributed by atoms with Crippen molar-refractivity contribution in [2.24, 2.45) is 5.73 Å². The van der Waals surface area contributed by atoms with Crippen LogP contribution < -0.4 is 11.1 Å². The van der Waals surface area contributed by atoms with Gasteiger partial charge in [-0.1, -0.05) is 193 Å². The summed E-state index contributed by atoms with van der Waals surface area (Å²) >= 11 is 0. The minimum absolute atomic E-state index is 0.0812. The maximum Gasteiger partial charge on any atom is 0.472 e. The molecule has 0 aliphatic carbocycles. The normalized spacial score (nSPS) is 14.3. The van der Waals surface area contributed by atoms with Crippen molar-refractivity contribution in [3.05, 3.63) is 12.2 Å². The molecule has 0 radical (unpaired) electrons. The van der Waals surface area contributed by atoms with Gasteiger partial charge in [0.15, 0.2) is 0 Å². The Hall–Kier alpha value is -0.760. The van der Waals surface area contributed by atoms with E-state index in [2.05, 4.69) is 19.2 Å². The number of hydrogen-bond donors (Lipinski definition) is 4. The summed E-state index contributed by atoms with van der Waals surface area (Å²) in [5.74, 6) is -0.192. The highest BCUT2D eigenvalue weighted by Gasteiger charge is 2.26. The molecule has 1 unspecified atom stereocenters. The molecule has 0 saturated heterocycles. The van der Waals surface area contributed by atoms with Gasteiger partial charge in [-0.05, 0) is 19.3 Å². The van der Waals surface area contributed by atoms with E-state index in [1.54, 1.807) is 6.08 Å². The second-order valence-electron chi connectivity index (χ2n) is 14.2. The number of phosphoric ester groups is 1. The Bertz CT molecular complexity index is 784. The van der Waals surface area contributed by atoms with Crippen LogP contribution in [-0.4, -0.2) is 47.8 Å². The van der Waals surface area contributed by atoms with E-state index in [0.29, 0.717) is 6.42 Å². The zero-order chi connectivity index (χ0) is 36.1. The van der Waals surface area contributed by atoms with E-state index in [-0.39, 0.29) is 25.7 Å². The Balaban J connectivity index is 4.23. The summed E-state index contributed by atoms with van der Waals surface area (Å²) in [6.45, 7) is 4.14. The third-order valence-electron chi connectivity index (χ3n) is 9.36. The van der Waals surface area contributed by atoms with Gasteiger partial charge >= 0.3 is 7.82 Å². The van der Waals surface area contributed by atoms with Crippen molar-refractivity contribution in [2.75, 3.05) is 19.8 Å². The van der Waals surface area contributed by atoms with Crippen molar-refractivity contribution in [1.82, 2.24) is 5.32 Å². The zero-order valence-corrected chi connectivity index (χ0v) is 33.1. The van der Waals surface area contributed by atoms with Crippen molar-refractivity contribution >= 4 is 13.7 Å². The van der Waals surface area contributed by atoms with E-state index >= 15 is 0 Å². The molecule has 0 aliphatic heterocycles. The third kappa shape index (κ3) is 35.4. The molecule has 0 aromatic carbocycles. The number of hydrogen-bond acceptors (Lipinski definition) is 6. The highest BCUT2D eigenvalue weighted by atomic mass is 31.2. The average molecular weight is 717 g/mol. The topological polar surface area (TPSA) is 131 Å². The van der Waals surface area contributed by atoms with Crippen LogP contribution in [0.3, 0.4) is 0 Å². The van der Waals surface area contributed by atoms with Crippen molar-refractivity contribution in [1.29, 1.82) is 0 Å². The molecule has 0 spiro atoms. The smallest absolute Gasteiger partial charge is 0.387 e. The lowest BCUT2D eigenvalue weighted by Crippen LogP contribution is -2.45. The SMILES string of the molecule is CCCCCCCCCCCCCCCCC/C=C/[C@@H](O)[C@H](COP(=O)(O)OCCN)NC(=O)CCCCCCCCCCCCCCC. The molecule has 5 N–H and O–H groups in total. The quantitative estimate of drug-likeness (QED) is 0.0283. The molecule has 0 aliphatic rings. The van der Waals surface area contributed by atoms with Crippen molar-refractivity contribution in [2.45, 2.75) is 219 Å². The fourth-order valence-corrected chi connectivity index (χ4v) is 6.95. The fraction of sp³-hybridized carbons (Fsp3) is 0.925. The Labute approximate surface area is 303 Å². The maximum absolute atomic E-state index is 12.7. The molecule has 0 bridgehead atoms. The molecule has 1 amide bonds. The van der Waals surface area contributed by atoms with E-state index < -0.39 is 20.0 Å². The summed E-state index contributed by atoms with van der Waals surface area (Å²) in [4.78, 5) is 22.6. The number of phosphoric acid groups is 1. The number of allylic oxidation sites excluding steroid dienone is 1. The number of nitrogens with one attached hydrogen (secondary N) is 1. The summed E-state index contributed by atoms with van der Waals surface area (Å²) in [7, 11) is -4.33. The van der Waals surface area contributed by atoms with Crippen LogP contribution in [0.5, 0.6) is 0 Å². The van der Waals surface area contributed by atoms with Crippen LogP contribution in [0.1, 0.15) is 206 Å². The van der Waals surface area contributed by atoms with Crippen LogP contribution in [0.2, 0.25) is 0 Å². The molecule has 0 rings (SSSR count). The monoisotopic (exact) mass is 717 g/mol. The summed E-state index contributed by atoms with van der Waals surface area (Å²) in [6, 6.07) is -0.853. The molecule has 9 heteroatoms. The number of amides is 1. The Morgan fingerprint density at radius 3 is 1.45 bits per heavy atom. The van der Waals surface area contributed by atoms with Crippen LogP contribution in [-0.2, 0) is 18.4 Å². The molecule has 0 saturated carbocycles. The molecular formula is C40H81N2O6P. The number of rotatable bonds is 39. The van der Waals surface area contributed by atoms with E-state index in [1.165, 1.54) is 148 Å². The van der Waals surface area contributed by atoms with Gasteiger partial charge in [0.25, 0.3) is 0 Å². The molecule has 8 nitrogen and oxygen atoms in total. The Kier molecular flexibility index (Phi) is 36.4. The predicted molar refractivity (Wildman–Crippen MR) is 208 cm³/mol. The molecular weight excluding hydrogens is 635 g/mol. The van der Waals surface area contributed by atoms with Gasteiger partial charge in [0, 0.05) is 13.0 Å². The minimum atomic E-state index is -4.33. The molecule has 292 valence electrons. The van der Waals surface area contributed by atoms with E-state index in [4.69, 9.17) is 14.8 Å². The number of carbonyl (C=O) groups excluding carboxylic acids is 1. The number of aliphatic hydroxyl groups is 1.